The van der Waals surface area contributed by atoms with Gasteiger partial charge >= 0.3 is 0 Å². The van der Waals surface area contributed by atoms with Crippen molar-refractivity contribution >= 4 is 46.3 Å². The number of halogens is 2. The number of aryl methyl sites for hydroxylation is 1. The topological polar surface area (TPSA) is 66.9 Å². The number of carbonyl (C=O) groups is 1. The third-order valence-corrected chi connectivity index (χ3v) is 4.23. The van der Waals surface area contributed by atoms with Crippen LogP contribution in [-0.2, 0) is 0 Å². The number of benzene rings is 2. The smallest absolute Gasteiger partial charge is 0.275 e. The number of anilines is 3. The number of rotatable bonds is 4. The van der Waals surface area contributed by atoms with Gasteiger partial charge in [0, 0.05) is 5.69 Å². The number of amides is 1. The Morgan fingerprint density at radius 1 is 1.00 bits per heavy atom. The Bertz CT molecular complexity index is 896. The summed E-state index contributed by atoms with van der Waals surface area (Å²) in [4.78, 5) is 20.5. The lowest BCUT2D eigenvalue weighted by Crippen LogP contribution is -2.14. The lowest BCUT2D eigenvalue weighted by Gasteiger charge is -2.09. The Labute approximate surface area is 155 Å². The predicted octanol–water partition coefficient (Wildman–Crippen LogP) is 5.09. The van der Waals surface area contributed by atoms with Crippen LogP contribution in [0.4, 0.5) is 17.2 Å². The Kier molecular flexibility index (Phi) is 5.16. The van der Waals surface area contributed by atoms with Gasteiger partial charge in [0.25, 0.3) is 5.91 Å². The molecule has 3 rings (SSSR count). The van der Waals surface area contributed by atoms with Gasteiger partial charge < -0.3 is 10.6 Å². The molecule has 0 aliphatic heterocycles. The third-order valence-electron chi connectivity index (χ3n) is 3.41. The van der Waals surface area contributed by atoms with Crippen LogP contribution in [0.5, 0.6) is 0 Å². The van der Waals surface area contributed by atoms with Crippen molar-refractivity contribution in [2.24, 2.45) is 0 Å². The zero-order valence-electron chi connectivity index (χ0n) is 13.3. The minimum Gasteiger partial charge on any atom is -0.338 e. The largest absolute Gasteiger partial charge is 0.338 e. The molecule has 7 heteroatoms. The minimum atomic E-state index is -0.330. The second-order valence-electron chi connectivity index (χ2n) is 5.33. The van der Waals surface area contributed by atoms with Crippen LogP contribution in [0.2, 0.25) is 10.0 Å². The highest BCUT2D eigenvalue weighted by Crippen LogP contribution is 2.31. The first-order valence-electron chi connectivity index (χ1n) is 7.44. The summed E-state index contributed by atoms with van der Waals surface area (Å²) in [7, 11) is 0. The van der Waals surface area contributed by atoms with Crippen molar-refractivity contribution in [3.63, 3.8) is 0 Å². The van der Waals surface area contributed by atoms with Gasteiger partial charge in [-0.15, -0.1) is 0 Å². The molecule has 1 heterocycles. The van der Waals surface area contributed by atoms with Crippen molar-refractivity contribution in [3.05, 3.63) is 76.2 Å². The summed E-state index contributed by atoms with van der Waals surface area (Å²) in [6.07, 6.45) is 2.85. The summed E-state index contributed by atoms with van der Waals surface area (Å²) in [6, 6.07) is 12.7. The average Bonchev–Trinajstić information content (AvgIpc) is 2.61. The zero-order chi connectivity index (χ0) is 17.8. The first-order valence-corrected chi connectivity index (χ1v) is 8.19. The SMILES string of the molecule is Cc1ccc(NC(=O)c2cnc(Nc3cccc(Cl)c3Cl)cn2)cc1. The molecule has 0 atom stereocenters. The van der Waals surface area contributed by atoms with Gasteiger partial charge in [-0.05, 0) is 31.2 Å². The Balaban J connectivity index is 1.70. The van der Waals surface area contributed by atoms with E-state index in [-0.39, 0.29) is 11.6 Å². The highest BCUT2D eigenvalue weighted by atomic mass is 35.5. The fourth-order valence-electron chi connectivity index (χ4n) is 2.08. The summed E-state index contributed by atoms with van der Waals surface area (Å²) >= 11 is 12.1. The van der Waals surface area contributed by atoms with Crippen LogP contribution in [0.1, 0.15) is 16.1 Å². The zero-order valence-corrected chi connectivity index (χ0v) is 14.8. The molecular formula is C18H14Cl2N4O. The van der Waals surface area contributed by atoms with E-state index in [0.29, 0.717) is 27.2 Å². The van der Waals surface area contributed by atoms with Crippen LogP contribution in [0.15, 0.2) is 54.9 Å². The molecule has 2 aromatic carbocycles. The number of nitrogens with zero attached hydrogens (tertiary/aromatic N) is 2. The summed E-state index contributed by atoms with van der Waals surface area (Å²) in [5, 5.41) is 6.62. The highest BCUT2D eigenvalue weighted by molar-refractivity contribution is 6.43. The quantitative estimate of drug-likeness (QED) is 0.669. The first kappa shape index (κ1) is 17.2. The molecule has 0 radical (unpaired) electrons. The van der Waals surface area contributed by atoms with Crippen LogP contribution in [0.25, 0.3) is 0 Å². The standard InChI is InChI=1S/C18H14Cl2N4O/c1-11-5-7-12(8-6-11)23-18(25)15-9-22-16(10-21-15)24-14-4-2-3-13(19)17(14)20/h2-10H,1H3,(H,22,24)(H,23,25). The van der Waals surface area contributed by atoms with Gasteiger partial charge in [-0.25, -0.2) is 9.97 Å². The van der Waals surface area contributed by atoms with Gasteiger partial charge in [0.05, 0.1) is 28.1 Å². The molecule has 0 saturated carbocycles. The molecule has 1 aromatic heterocycles. The summed E-state index contributed by atoms with van der Waals surface area (Å²) < 4.78 is 0. The molecule has 3 aromatic rings. The lowest BCUT2D eigenvalue weighted by molar-refractivity contribution is 0.102. The summed E-state index contributed by atoms with van der Waals surface area (Å²) in [5.41, 5.74) is 2.64. The van der Waals surface area contributed by atoms with E-state index in [1.807, 2.05) is 31.2 Å². The van der Waals surface area contributed by atoms with E-state index in [1.165, 1.54) is 12.4 Å². The molecule has 25 heavy (non-hydrogen) atoms. The van der Waals surface area contributed by atoms with Crippen molar-refractivity contribution in [1.29, 1.82) is 0 Å². The molecule has 2 N–H and O–H groups in total. The number of aromatic nitrogens is 2. The van der Waals surface area contributed by atoms with E-state index in [1.54, 1.807) is 18.2 Å². The molecule has 126 valence electrons. The van der Waals surface area contributed by atoms with Crippen LogP contribution in [-0.4, -0.2) is 15.9 Å². The van der Waals surface area contributed by atoms with E-state index in [2.05, 4.69) is 20.6 Å². The predicted molar refractivity (Wildman–Crippen MR) is 101 cm³/mol. The van der Waals surface area contributed by atoms with E-state index in [4.69, 9.17) is 23.2 Å². The highest BCUT2D eigenvalue weighted by Gasteiger charge is 2.10. The maximum absolute atomic E-state index is 12.2. The van der Waals surface area contributed by atoms with Crippen LogP contribution in [0, 0.1) is 6.92 Å². The van der Waals surface area contributed by atoms with E-state index in [9.17, 15) is 4.79 Å². The number of hydrogen-bond acceptors (Lipinski definition) is 4. The van der Waals surface area contributed by atoms with Gasteiger partial charge in [0.1, 0.15) is 11.5 Å². The van der Waals surface area contributed by atoms with Crippen LogP contribution in [0.3, 0.4) is 0 Å². The lowest BCUT2D eigenvalue weighted by atomic mass is 10.2. The van der Waals surface area contributed by atoms with Gasteiger partial charge in [-0.1, -0.05) is 47.0 Å². The molecule has 0 aliphatic carbocycles. The second kappa shape index (κ2) is 7.51. The van der Waals surface area contributed by atoms with Gasteiger partial charge in [-0.3, -0.25) is 4.79 Å². The molecule has 0 unspecified atom stereocenters. The maximum atomic E-state index is 12.2. The molecule has 0 spiro atoms. The van der Waals surface area contributed by atoms with Gasteiger partial charge in [0.2, 0.25) is 0 Å². The fraction of sp³-hybridized carbons (Fsp3) is 0.0556. The Hall–Kier alpha value is -2.63. The second-order valence-corrected chi connectivity index (χ2v) is 6.12. The van der Waals surface area contributed by atoms with Crippen molar-refractivity contribution in [1.82, 2.24) is 9.97 Å². The molecule has 0 saturated heterocycles. The number of carbonyl (C=O) groups excluding carboxylic acids is 1. The number of nitrogens with one attached hydrogen (secondary N) is 2. The number of hydrogen-bond donors (Lipinski definition) is 2. The summed E-state index contributed by atoms with van der Waals surface area (Å²) in [6.45, 7) is 1.98. The molecule has 5 nitrogen and oxygen atoms in total. The Morgan fingerprint density at radius 3 is 2.44 bits per heavy atom. The fourth-order valence-corrected chi connectivity index (χ4v) is 2.43. The van der Waals surface area contributed by atoms with Crippen molar-refractivity contribution in [2.45, 2.75) is 6.92 Å². The minimum absolute atomic E-state index is 0.211. The molecule has 1 amide bonds. The maximum Gasteiger partial charge on any atom is 0.275 e. The van der Waals surface area contributed by atoms with Crippen molar-refractivity contribution < 1.29 is 4.79 Å². The van der Waals surface area contributed by atoms with E-state index < -0.39 is 0 Å². The van der Waals surface area contributed by atoms with E-state index in [0.717, 1.165) is 5.56 Å². The molecule has 0 aliphatic rings. The molecule has 0 fully saturated rings. The Morgan fingerprint density at radius 2 is 1.76 bits per heavy atom. The molecule has 0 bridgehead atoms. The van der Waals surface area contributed by atoms with Crippen LogP contribution >= 0.6 is 23.2 Å². The van der Waals surface area contributed by atoms with Crippen molar-refractivity contribution in [3.8, 4) is 0 Å². The van der Waals surface area contributed by atoms with Crippen LogP contribution < -0.4 is 10.6 Å². The van der Waals surface area contributed by atoms with Gasteiger partial charge in [-0.2, -0.15) is 0 Å². The van der Waals surface area contributed by atoms with Gasteiger partial charge in [0.15, 0.2) is 0 Å². The van der Waals surface area contributed by atoms with Crippen molar-refractivity contribution in [2.75, 3.05) is 10.6 Å². The van der Waals surface area contributed by atoms with E-state index >= 15 is 0 Å². The normalized spacial score (nSPS) is 10.4. The third kappa shape index (κ3) is 4.26. The monoisotopic (exact) mass is 372 g/mol. The summed E-state index contributed by atoms with van der Waals surface area (Å²) in [5.74, 6) is 0.125. The molecular weight excluding hydrogens is 359 g/mol. The average molecular weight is 373 g/mol. The first-order chi connectivity index (χ1) is 12.0.